The van der Waals surface area contributed by atoms with Gasteiger partial charge in [-0.3, -0.25) is 0 Å². The Labute approximate surface area is 173 Å². The van der Waals surface area contributed by atoms with Crippen LogP contribution in [0.2, 0.25) is 0 Å². The van der Waals surface area contributed by atoms with Gasteiger partial charge in [-0.1, -0.05) is 54.6 Å². The van der Waals surface area contributed by atoms with Gasteiger partial charge in [-0.2, -0.15) is 4.57 Å². The van der Waals surface area contributed by atoms with E-state index in [1.807, 2.05) is 6.07 Å². The van der Waals surface area contributed by atoms with Crippen molar-refractivity contribution < 1.29 is 8.98 Å². The predicted octanol–water partition coefficient (Wildman–Crippen LogP) is 5.72. The molecule has 30 heavy (non-hydrogen) atoms. The number of oxazole rings is 1. The molecule has 0 aliphatic heterocycles. The van der Waals surface area contributed by atoms with Crippen molar-refractivity contribution in [3.05, 3.63) is 90.8 Å². The zero-order valence-electron chi connectivity index (χ0n) is 16.8. The smallest absolute Gasteiger partial charge is 0.299 e. The summed E-state index contributed by atoms with van der Waals surface area (Å²) in [4.78, 5) is 4.40. The summed E-state index contributed by atoms with van der Waals surface area (Å²) in [6.07, 6.45) is 1.53. The molecule has 2 heterocycles. The Kier molecular flexibility index (Phi) is 3.56. The van der Waals surface area contributed by atoms with E-state index in [0.717, 1.165) is 44.8 Å². The molecule has 0 bridgehead atoms. The summed E-state index contributed by atoms with van der Waals surface area (Å²) in [5.74, 6) is 1.08. The highest BCUT2D eigenvalue weighted by Crippen LogP contribution is 2.35. The average molecular weight is 390 g/mol. The summed E-state index contributed by atoms with van der Waals surface area (Å²) in [7, 11) is 2.12. The fraction of sp³-hybridized carbons (Fsp3) is 0.0769. The molecule has 4 aromatic carbocycles. The Morgan fingerprint density at radius 2 is 1.67 bits per heavy atom. The molecule has 0 saturated heterocycles. The van der Waals surface area contributed by atoms with E-state index in [9.17, 15) is 0 Å². The Morgan fingerprint density at radius 1 is 0.867 bits per heavy atom. The lowest BCUT2D eigenvalue weighted by Crippen LogP contribution is -2.30. The van der Waals surface area contributed by atoms with Crippen molar-refractivity contribution in [3.63, 3.8) is 0 Å². The molecule has 0 spiro atoms. The molecule has 4 heteroatoms. The Bertz CT molecular complexity index is 1570. The van der Waals surface area contributed by atoms with E-state index in [-0.39, 0.29) is 0 Å². The number of para-hydroxylation sites is 2. The van der Waals surface area contributed by atoms with Gasteiger partial charge < -0.3 is 4.42 Å². The van der Waals surface area contributed by atoms with Gasteiger partial charge >= 0.3 is 0 Å². The summed E-state index contributed by atoms with van der Waals surface area (Å²) in [6.45, 7) is 2.13. The molecule has 6 rings (SSSR count). The van der Waals surface area contributed by atoms with Crippen LogP contribution in [0, 0.1) is 6.92 Å². The van der Waals surface area contributed by atoms with E-state index < -0.39 is 0 Å². The molecule has 0 aliphatic carbocycles. The van der Waals surface area contributed by atoms with Crippen molar-refractivity contribution in [1.29, 1.82) is 0 Å². The summed E-state index contributed by atoms with van der Waals surface area (Å²) >= 11 is 0. The topological polar surface area (TPSA) is 34.8 Å². The maximum Gasteiger partial charge on any atom is 0.299 e. The first-order valence-electron chi connectivity index (χ1n) is 10.0. The number of benzene rings is 4. The highest BCUT2D eigenvalue weighted by molar-refractivity contribution is 5.96. The van der Waals surface area contributed by atoms with Crippen LogP contribution >= 0.6 is 0 Å². The van der Waals surface area contributed by atoms with Crippen LogP contribution in [-0.2, 0) is 7.05 Å². The van der Waals surface area contributed by atoms with E-state index in [4.69, 9.17) is 4.42 Å². The van der Waals surface area contributed by atoms with Crippen molar-refractivity contribution in [2.75, 3.05) is 0 Å². The number of imidazole rings is 1. The first-order chi connectivity index (χ1) is 14.7. The Hall–Kier alpha value is -3.92. The van der Waals surface area contributed by atoms with Crippen LogP contribution in [0.1, 0.15) is 5.56 Å². The minimum absolute atomic E-state index is 0.815. The fourth-order valence-corrected chi connectivity index (χ4v) is 4.55. The first kappa shape index (κ1) is 17.0. The molecule has 0 unspecified atom stereocenters. The molecular weight excluding hydrogens is 370 g/mol. The normalized spacial score (nSPS) is 11.7. The lowest BCUT2D eigenvalue weighted by atomic mass is 10.1. The van der Waals surface area contributed by atoms with E-state index >= 15 is 0 Å². The van der Waals surface area contributed by atoms with E-state index in [2.05, 4.69) is 101 Å². The third kappa shape index (κ3) is 2.28. The van der Waals surface area contributed by atoms with Crippen LogP contribution < -0.4 is 4.57 Å². The van der Waals surface area contributed by atoms with Crippen LogP contribution in [0.15, 0.2) is 89.7 Å². The number of hydrogen-bond acceptors (Lipinski definition) is 2. The van der Waals surface area contributed by atoms with Gasteiger partial charge in [-0.15, -0.1) is 0 Å². The second-order valence-electron chi connectivity index (χ2n) is 7.66. The Morgan fingerprint density at radius 3 is 2.60 bits per heavy atom. The predicted molar refractivity (Wildman–Crippen MR) is 120 cm³/mol. The van der Waals surface area contributed by atoms with Gasteiger partial charge in [-0.25, -0.2) is 9.55 Å². The molecule has 6 aromatic rings. The van der Waals surface area contributed by atoms with Gasteiger partial charge in [0, 0.05) is 5.39 Å². The van der Waals surface area contributed by atoms with E-state index in [1.165, 1.54) is 17.2 Å². The first-order valence-corrected chi connectivity index (χ1v) is 10.0. The van der Waals surface area contributed by atoms with Gasteiger partial charge in [0.25, 0.3) is 5.82 Å². The molecule has 4 nitrogen and oxygen atoms in total. The van der Waals surface area contributed by atoms with Gasteiger partial charge in [0.1, 0.15) is 16.8 Å². The molecule has 0 amide bonds. The van der Waals surface area contributed by atoms with Crippen LogP contribution in [0.5, 0.6) is 0 Å². The zero-order chi connectivity index (χ0) is 20.2. The van der Waals surface area contributed by atoms with Gasteiger partial charge in [0.15, 0.2) is 23.0 Å². The second-order valence-corrected chi connectivity index (χ2v) is 7.66. The number of fused-ring (bicyclic) bond motifs is 3. The van der Waals surface area contributed by atoms with Crippen molar-refractivity contribution in [1.82, 2.24) is 9.55 Å². The van der Waals surface area contributed by atoms with E-state index in [1.54, 1.807) is 0 Å². The van der Waals surface area contributed by atoms with Gasteiger partial charge in [0.2, 0.25) is 0 Å². The lowest BCUT2D eigenvalue weighted by molar-refractivity contribution is -0.633. The van der Waals surface area contributed by atoms with Crippen LogP contribution in [0.25, 0.3) is 50.0 Å². The van der Waals surface area contributed by atoms with E-state index in [0.29, 0.717) is 0 Å². The van der Waals surface area contributed by atoms with Crippen molar-refractivity contribution in [3.8, 4) is 17.1 Å². The molecule has 0 N–H and O–H groups in total. The number of aromatic nitrogens is 3. The second kappa shape index (κ2) is 6.29. The molecule has 0 aliphatic rings. The summed E-state index contributed by atoms with van der Waals surface area (Å²) in [5.41, 5.74) is 7.37. The highest BCUT2D eigenvalue weighted by Gasteiger charge is 2.30. The van der Waals surface area contributed by atoms with Gasteiger partial charge in [-0.05, 0) is 42.1 Å². The lowest BCUT2D eigenvalue weighted by Gasteiger charge is -2.09. The third-order valence-corrected chi connectivity index (χ3v) is 5.95. The monoisotopic (exact) mass is 390 g/mol. The van der Waals surface area contributed by atoms with Crippen molar-refractivity contribution >= 4 is 32.9 Å². The van der Waals surface area contributed by atoms with Crippen LogP contribution in [0.4, 0.5) is 0 Å². The standard InChI is InChI=1S/C26H20N3O/c1-17-14-15-20-25(30-16-27-20)24(17)26-28(2)22-11-5-6-12-23(22)29(26)21-13-7-9-18-8-3-4-10-19(18)21/h3-16H,1-2H3/q+1. The maximum atomic E-state index is 5.88. The van der Waals surface area contributed by atoms with Gasteiger partial charge in [0.05, 0.1) is 7.05 Å². The SMILES string of the molecule is Cc1ccc2ncoc2c1-c1n(-c2cccc3ccccc23)c2ccccc2[n+]1C. The quantitative estimate of drug-likeness (QED) is 0.354. The minimum atomic E-state index is 0.815. The summed E-state index contributed by atoms with van der Waals surface area (Å²) in [5, 5.41) is 2.43. The van der Waals surface area contributed by atoms with Crippen molar-refractivity contribution in [2.45, 2.75) is 6.92 Å². The molecule has 144 valence electrons. The van der Waals surface area contributed by atoms with Crippen molar-refractivity contribution in [2.24, 2.45) is 7.05 Å². The van der Waals surface area contributed by atoms with Crippen LogP contribution in [-0.4, -0.2) is 9.55 Å². The molecule has 0 radical (unpaired) electrons. The number of aryl methyl sites for hydroxylation is 2. The summed E-state index contributed by atoms with van der Waals surface area (Å²) in [6, 6.07) is 27.6. The zero-order valence-corrected chi connectivity index (χ0v) is 16.8. The number of nitrogens with zero attached hydrogens (tertiary/aromatic N) is 3. The molecular formula is C26H20N3O+. The minimum Gasteiger partial charge on any atom is -0.443 e. The van der Waals surface area contributed by atoms with Crippen LogP contribution in [0.3, 0.4) is 0 Å². The fourth-order valence-electron chi connectivity index (χ4n) is 4.55. The summed E-state index contributed by atoms with van der Waals surface area (Å²) < 4.78 is 10.5. The molecule has 2 aromatic heterocycles. The number of rotatable bonds is 2. The average Bonchev–Trinajstić information content (AvgIpc) is 3.37. The molecule has 0 fully saturated rings. The number of hydrogen-bond donors (Lipinski definition) is 0. The molecule has 0 saturated carbocycles. The highest BCUT2D eigenvalue weighted by atomic mass is 16.3. The molecule has 0 atom stereocenters. The largest absolute Gasteiger partial charge is 0.443 e. The maximum absolute atomic E-state index is 5.88. The Balaban J connectivity index is 1.84. The third-order valence-electron chi connectivity index (χ3n) is 5.95.